The van der Waals surface area contributed by atoms with Crippen LogP contribution in [0.5, 0.6) is 0 Å². The van der Waals surface area contributed by atoms with Crippen molar-refractivity contribution in [3.63, 3.8) is 0 Å². The Bertz CT molecular complexity index is 509. The van der Waals surface area contributed by atoms with Gasteiger partial charge in [0.2, 0.25) is 0 Å². The van der Waals surface area contributed by atoms with Gasteiger partial charge in [-0.1, -0.05) is 13.8 Å². The van der Waals surface area contributed by atoms with E-state index in [0.717, 1.165) is 24.5 Å². The third kappa shape index (κ3) is 4.25. The molecule has 7 heteroatoms. The maximum absolute atomic E-state index is 12.1. The number of amides is 1. The molecule has 2 rings (SSSR count). The summed E-state index contributed by atoms with van der Waals surface area (Å²) in [6, 6.07) is -0.870. The summed E-state index contributed by atoms with van der Waals surface area (Å²) in [7, 11) is 0. The van der Waals surface area contributed by atoms with Gasteiger partial charge >= 0.3 is 5.97 Å². The summed E-state index contributed by atoms with van der Waals surface area (Å²) in [5.41, 5.74) is 0. The zero-order valence-electron chi connectivity index (χ0n) is 12.2. The molecule has 0 spiro atoms. The number of aliphatic carboxylic acids is 1. The van der Waals surface area contributed by atoms with Gasteiger partial charge in [0.25, 0.3) is 5.91 Å². The first-order valence-corrected chi connectivity index (χ1v) is 7.90. The van der Waals surface area contributed by atoms with E-state index >= 15 is 0 Å². The maximum atomic E-state index is 12.1. The Kier molecular flexibility index (Phi) is 5.30. The number of ether oxygens (including phenoxy) is 1. The summed E-state index contributed by atoms with van der Waals surface area (Å²) in [6.07, 6.45) is 3.78. The topological polar surface area (TPSA) is 88.5 Å². The van der Waals surface area contributed by atoms with Gasteiger partial charge in [-0.15, -0.1) is 11.3 Å². The van der Waals surface area contributed by atoms with E-state index in [1.54, 1.807) is 0 Å². The minimum Gasteiger partial charge on any atom is -0.480 e. The predicted molar refractivity (Wildman–Crippen MR) is 78.4 cm³/mol. The number of carboxylic acids is 1. The average Bonchev–Trinajstić information content (AvgIpc) is 3.08. The summed E-state index contributed by atoms with van der Waals surface area (Å²) < 4.78 is 5.53. The molecular weight excluding hydrogens is 292 g/mol. The van der Waals surface area contributed by atoms with Crippen LogP contribution in [-0.4, -0.2) is 34.6 Å². The number of nitrogens with one attached hydrogen (secondary N) is 1. The molecule has 1 saturated heterocycles. The van der Waals surface area contributed by atoms with Crippen molar-refractivity contribution in [2.75, 3.05) is 6.61 Å². The fourth-order valence-electron chi connectivity index (χ4n) is 2.24. The van der Waals surface area contributed by atoms with E-state index in [1.165, 1.54) is 17.5 Å². The number of aromatic nitrogens is 1. The molecule has 1 aromatic rings. The molecule has 0 saturated carbocycles. The lowest BCUT2D eigenvalue weighted by Crippen LogP contribution is -2.41. The lowest BCUT2D eigenvalue weighted by atomic mass is 10.0. The Hall–Kier alpha value is -1.47. The Morgan fingerprint density at radius 2 is 2.33 bits per heavy atom. The predicted octanol–water partition coefficient (Wildman–Crippen LogP) is 2.22. The van der Waals surface area contributed by atoms with Crippen molar-refractivity contribution in [3.05, 3.63) is 16.1 Å². The van der Waals surface area contributed by atoms with Crippen LogP contribution in [0.15, 0.2) is 6.20 Å². The standard InChI is InChI=1S/C14H20N2O4S/c1-8(2)6-9(14(18)19)16-12(17)11-7-15-13(21-11)10-4-3-5-20-10/h7-10H,3-6H2,1-2H3,(H,16,17)(H,18,19)/t9-,10?/m0/s1. The fourth-order valence-corrected chi connectivity index (χ4v) is 3.14. The molecule has 0 aromatic carbocycles. The van der Waals surface area contributed by atoms with E-state index in [1.807, 2.05) is 13.8 Å². The molecule has 1 amide bonds. The number of thiazole rings is 1. The van der Waals surface area contributed by atoms with Gasteiger partial charge in [-0.05, 0) is 25.2 Å². The lowest BCUT2D eigenvalue weighted by Gasteiger charge is -2.15. The van der Waals surface area contributed by atoms with Crippen molar-refractivity contribution in [1.82, 2.24) is 10.3 Å². The number of carbonyl (C=O) groups is 2. The molecule has 2 atom stereocenters. The van der Waals surface area contributed by atoms with Gasteiger partial charge in [0.1, 0.15) is 22.0 Å². The number of nitrogens with zero attached hydrogens (tertiary/aromatic N) is 1. The number of rotatable bonds is 6. The van der Waals surface area contributed by atoms with Crippen LogP contribution in [0.1, 0.15) is 53.9 Å². The van der Waals surface area contributed by atoms with E-state index in [-0.39, 0.29) is 17.9 Å². The monoisotopic (exact) mass is 312 g/mol. The first-order valence-electron chi connectivity index (χ1n) is 7.08. The smallest absolute Gasteiger partial charge is 0.326 e. The third-order valence-corrected chi connectivity index (χ3v) is 4.35. The molecule has 0 bridgehead atoms. The highest BCUT2D eigenvalue weighted by Crippen LogP contribution is 2.31. The fraction of sp³-hybridized carbons (Fsp3) is 0.643. The first kappa shape index (κ1) is 15.9. The van der Waals surface area contributed by atoms with Gasteiger partial charge in [-0.25, -0.2) is 9.78 Å². The molecule has 1 fully saturated rings. The molecule has 116 valence electrons. The average molecular weight is 312 g/mol. The molecule has 6 nitrogen and oxygen atoms in total. The molecule has 21 heavy (non-hydrogen) atoms. The van der Waals surface area contributed by atoms with Gasteiger partial charge in [-0.2, -0.15) is 0 Å². The zero-order valence-corrected chi connectivity index (χ0v) is 13.0. The molecular formula is C14H20N2O4S. The summed E-state index contributed by atoms with van der Waals surface area (Å²) in [4.78, 5) is 27.9. The first-order chi connectivity index (χ1) is 9.97. The van der Waals surface area contributed by atoms with Gasteiger partial charge in [0.15, 0.2) is 0 Å². The second-order valence-corrected chi connectivity index (χ2v) is 6.62. The molecule has 1 aliphatic heterocycles. The van der Waals surface area contributed by atoms with Crippen molar-refractivity contribution < 1.29 is 19.4 Å². The third-order valence-electron chi connectivity index (χ3n) is 3.26. The van der Waals surface area contributed by atoms with E-state index in [2.05, 4.69) is 10.3 Å². The highest BCUT2D eigenvalue weighted by atomic mass is 32.1. The lowest BCUT2D eigenvalue weighted by molar-refractivity contribution is -0.139. The summed E-state index contributed by atoms with van der Waals surface area (Å²) in [5.74, 6) is -1.21. The highest BCUT2D eigenvalue weighted by molar-refractivity contribution is 7.13. The molecule has 0 aliphatic carbocycles. The maximum Gasteiger partial charge on any atom is 0.326 e. The Balaban J connectivity index is 2.00. The van der Waals surface area contributed by atoms with Crippen molar-refractivity contribution in [2.24, 2.45) is 5.92 Å². The van der Waals surface area contributed by atoms with E-state index in [4.69, 9.17) is 9.84 Å². The Morgan fingerprint density at radius 1 is 1.57 bits per heavy atom. The molecule has 1 aromatic heterocycles. The van der Waals surface area contributed by atoms with Crippen LogP contribution in [-0.2, 0) is 9.53 Å². The second kappa shape index (κ2) is 7.00. The minimum absolute atomic E-state index is 0.0255. The van der Waals surface area contributed by atoms with Gasteiger partial charge in [0.05, 0.1) is 6.20 Å². The van der Waals surface area contributed by atoms with Crippen LogP contribution in [0.4, 0.5) is 0 Å². The Morgan fingerprint density at radius 3 is 2.90 bits per heavy atom. The van der Waals surface area contributed by atoms with Crippen LogP contribution in [0.25, 0.3) is 0 Å². The van der Waals surface area contributed by atoms with Gasteiger partial charge in [0, 0.05) is 6.61 Å². The number of carbonyl (C=O) groups excluding carboxylic acids is 1. The molecule has 1 unspecified atom stereocenters. The highest BCUT2D eigenvalue weighted by Gasteiger charge is 2.25. The zero-order chi connectivity index (χ0) is 15.4. The van der Waals surface area contributed by atoms with Crippen molar-refractivity contribution in [3.8, 4) is 0 Å². The van der Waals surface area contributed by atoms with Crippen molar-refractivity contribution in [2.45, 2.75) is 45.3 Å². The van der Waals surface area contributed by atoms with E-state index in [0.29, 0.717) is 11.3 Å². The minimum atomic E-state index is -1.01. The summed E-state index contributed by atoms with van der Waals surface area (Å²) >= 11 is 1.27. The van der Waals surface area contributed by atoms with Crippen molar-refractivity contribution >= 4 is 23.2 Å². The number of hydrogen-bond donors (Lipinski definition) is 2. The normalized spacial score (nSPS) is 19.7. The van der Waals surface area contributed by atoms with Crippen molar-refractivity contribution in [1.29, 1.82) is 0 Å². The molecule has 0 radical (unpaired) electrons. The van der Waals surface area contributed by atoms with Crippen LogP contribution >= 0.6 is 11.3 Å². The summed E-state index contributed by atoms with van der Waals surface area (Å²) in [6.45, 7) is 4.57. The van der Waals surface area contributed by atoms with E-state index < -0.39 is 12.0 Å². The quantitative estimate of drug-likeness (QED) is 0.841. The Labute approximate surface area is 127 Å². The van der Waals surface area contributed by atoms with Gasteiger partial charge < -0.3 is 15.2 Å². The number of carboxylic acid groups (broad SMARTS) is 1. The van der Waals surface area contributed by atoms with Crippen LogP contribution in [0.3, 0.4) is 0 Å². The molecule has 1 aliphatic rings. The SMILES string of the molecule is CC(C)C[C@H](NC(=O)c1cnc(C2CCCO2)s1)C(=O)O. The second-order valence-electron chi connectivity index (χ2n) is 5.56. The summed E-state index contributed by atoms with van der Waals surface area (Å²) in [5, 5.41) is 12.5. The number of hydrogen-bond acceptors (Lipinski definition) is 5. The molecule has 2 N–H and O–H groups in total. The molecule has 2 heterocycles. The van der Waals surface area contributed by atoms with E-state index in [9.17, 15) is 9.59 Å². The van der Waals surface area contributed by atoms with Crippen LogP contribution < -0.4 is 5.32 Å². The largest absolute Gasteiger partial charge is 0.480 e. The van der Waals surface area contributed by atoms with Crippen LogP contribution in [0, 0.1) is 5.92 Å². The van der Waals surface area contributed by atoms with Gasteiger partial charge in [-0.3, -0.25) is 4.79 Å². The van der Waals surface area contributed by atoms with Crippen LogP contribution in [0.2, 0.25) is 0 Å².